The van der Waals surface area contributed by atoms with E-state index in [-0.39, 0.29) is 11.7 Å². The Morgan fingerprint density at radius 3 is 2.12 bits per heavy atom. The van der Waals surface area contributed by atoms with E-state index in [0.717, 1.165) is 22.4 Å². The zero-order valence-corrected chi connectivity index (χ0v) is 14.2. The third-order valence-corrected chi connectivity index (χ3v) is 4.01. The van der Waals surface area contributed by atoms with Crippen LogP contribution in [0.25, 0.3) is 11.1 Å². The third kappa shape index (κ3) is 4.08. The molecule has 0 bridgehead atoms. The third-order valence-electron chi connectivity index (χ3n) is 4.01. The Hall–Kier alpha value is -3.60. The lowest BCUT2D eigenvalue weighted by Crippen LogP contribution is -2.11. The monoisotopic (exact) mass is 344 g/mol. The van der Waals surface area contributed by atoms with E-state index in [1.807, 2.05) is 66.7 Å². The molecule has 5 heteroatoms. The van der Waals surface area contributed by atoms with E-state index in [4.69, 9.17) is 27.0 Å². The van der Waals surface area contributed by atoms with Crippen molar-refractivity contribution >= 4 is 11.7 Å². The average molecular weight is 344 g/mol. The van der Waals surface area contributed by atoms with Crippen molar-refractivity contribution in [1.29, 1.82) is 10.8 Å². The number of amidine groups is 2. The minimum absolute atomic E-state index is 0.0443. The van der Waals surface area contributed by atoms with Gasteiger partial charge in [0.05, 0.1) is 0 Å². The summed E-state index contributed by atoms with van der Waals surface area (Å²) in [6.45, 7) is 0.397. The van der Waals surface area contributed by atoms with Gasteiger partial charge in [0.2, 0.25) is 0 Å². The Bertz CT molecular complexity index is 948. The molecule has 3 rings (SSSR count). The first-order chi connectivity index (χ1) is 12.5. The number of nitrogen functional groups attached to an aromatic ring is 2. The molecule has 0 aliphatic heterocycles. The molecule has 0 radical (unpaired) electrons. The van der Waals surface area contributed by atoms with Crippen molar-refractivity contribution in [1.82, 2.24) is 0 Å². The van der Waals surface area contributed by atoms with Crippen LogP contribution >= 0.6 is 0 Å². The highest BCUT2D eigenvalue weighted by atomic mass is 16.5. The zero-order chi connectivity index (χ0) is 18.5. The summed E-state index contributed by atoms with van der Waals surface area (Å²) in [4.78, 5) is 0. The molecule has 0 fully saturated rings. The molecule has 0 saturated heterocycles. The van der Waals surface area contributed by atoms with E-state index >= 15 is 0 Å². The maximum atomic E-state index is 7.51. The first-order valence-corrected chi connectivity index (χ1v) is 8.14. The molecule has 0 saturated carbocycles. The first kappa shape index (κ1) is 17.2. The van der Waals surface area contributed by atoms with Crippen LogP contribution in [0, 0.1) is 10.8 Å². The van der Waals surface area contributed by atoms with Gasteiger partial charge in [0.25, 0.3) is 0 Å². The largest absolute Gasteiger partial charge is 0.489 e. The molecule has 0 spiro atoms. The van der Waals surface area contributed by atoms with Gasteiger partial charge in [0.1, 0.15) is 24.0 Å². The number of nitrogens with one attached hydrogen (secondary N) is 2. The molecule has 0 amide bonds. The SMILES string of the molecule is N=C(N)c1ccc(-c2cccc(OCc3cccc(C(=N)N)c3)c2)cc1. The van der Waals surface area contributed by atoms with Crippen molar-refractivity contribution in [2.45, 2.75) is 6.61 Å². The standard InChI is InChI=1S/C21H20N4O/c22-20(23)16-9-7-15(8-10-16)17-4-2-6-19(12-17)26-13-14-3-1-5-18(11-14)21(24)25/h1-12H,13H2,(H3,22,23)(H3,24,25). The van der Waals surface area contributed by atoms with Gasteiger partial charge in [0, 0.05) is 11.1 Å². The van der Waals surface area contributed by atoms with Gasteiger partial charge in [-0.2, -0.15) is 0 Å². The van der Waals surface area contributed by atoms with Crippen LogP contribution in [0.2, 0.25) is 0 Å². The second-order valence-corrected chi connectivity index (χ2v) is 5.92. The molecule has 0 aromatic heterocycles. The van der Waals surface area contributed by atoms with Gasteiger partial charge >= 0.3 is 0 Å². The van der Waals surface area contributed by atoms with Gasteiger partial charge in [-0.15, -0.1) is 0 Å². The number of ether oxygens (including phenoxy) is 1. The van der Waals surface area contributed by atoms with Crippen LogP contribution in [-0.4, -0.2) is 11.7 Å². The summed E-state index contributed by atoms with van der Waals surface area (Å²) in [6, 6.07) is 22.8. The molecule has 0 unspecified atom stereocenters. The molecule has 0 aliphatic rings. The average Bonchev–Trinajstić information content (AvgIpc) is 2.67. The van der Waals surface area contributed by atoms with Gasteiger partial charge in [-0.3, -0.25) is 10.8 Å². The maximum absolute atomic E-state index is 7.51. The second-order valence-electron chi connectivity index (χ2n) is 5.92. The summed E-state index contributed by atoms with van der Waals surface area (Å²) in [5.41, 5.74) is 15.4. The van der Waals surface area contributed by atoms with E-state index in [1.54, 1.807) is 6.07 Å². The molecule has 3 aromatic rings. The lowest BCUT2D eigenvalue weighted by molar-refractivity contribution is 0.306. The smallest absolute Gasteiger partial charge is 0.122 e. The van der Waals surface area contributed by atoms with Crippen molar-refractivity contribution < 1.29 is 4.74 Å². The highest BCUT2D eigenvalue weighted by Crippen LogP contribution is 2.25. The molecule has 0 atom stereocenters. The van der Waals surface area contributed by atoms with Crippen LogP contribution < -0.4 is 16.2 Å². The number of nitrogens with two attached hydrogens (primary N) is 2. The minimum Gasteiger partial charge on any atom is -0.489 e. The first-order valence-electron chi connectivity index (χ1n) is 8.14. The highest BCUT2D eigenvalue weighted by Gasteiger charge is 2.03. The van der Waals surface area contributed by atoms with Gasteiger partial charge in [0.15, 0.2) is 0 Å². The van der Waals surface area contributed by atoms with Crippen molar-refractivity contribution in [2.75, 3.05) is 0 Å². The Balaban J connectivity index is 1.74. The van der Waals surface area contributed by atoms with Gasteiger partial charge in [-0.1, -0.05) is 54.6 Å². The number of hydrogen-bond acceptors (Lipinski definition) is 3. The van der Waals surface area contributed by atoms with E-state index in [1.165, 1.54) is 0 Å². The topological polar surface area (TPSA) is 109 Å². The fourth-order valence-electron chi connectivity index (χ4n) is 2.60. The van der Waals surface area contributed by atoms with E-state index in [2.05, 4.69) is 0 Å². The van der Waals surface area contributed by atoms with Crippen LogP contribution in [0.1, 0.15) is 16.7 Å². The highest BCUT2D eigenvalue weighted by molar-refractivity contribution is 5.95. The molecule has 0 aliphatic carbocycles. The van der Waals surface area contributed by atoms with E-state index in [0.29, 0.717) is 17.7 Å². The zero-order valence-electron chi connectivity index (χ0n) is 14.2. The maximum Gasteiger partial charge on any atom is 0.122 e. The van der Waals surface area contributed by atoms with Crippen LogP contribution in [-0.2, 0) is 6.61 Å². The molecular formula is C21H20N4O. The number of benzene rings is 3. The molecule has 130 valence electrons. The van der Waals surface area contributed by atoms with Crippen LogP contribution in [0.5, 0.6) is 5.75 Å². The Morgan fingerprint density at radius 2 is 1.42 bits per heavy atom. The summed E-state index contributed by atoms with van der Waals surface area (Å²) in [7, 11) is 0. The minimum atomic E-state index is 0.0443. The molecule has 0 heterocycles. The molecule has 5 nitrogen and oxygen atoms in total. The van der Waals surface area contributed by atoms with Gasteiger partial charge < -0.3 is 16.2 Å². The van der Waals surface area contributed by atoms with E-state index in [9.17, 15) is 0 Å². The van der Waals surface area contributed by atoms with Crippen molar-refractivity contribution in [3.8, 4) is 16.9 Å². The Morgan fingerprint density at radius 1 is 0.731 bits per heavy atom. The fourth-order valence-corrected chi connectivity index (χ4v) is 2.60. The van der Waals surface area contributed by atoms with Crippen LogP contribution in [0.15, 0.2) is 72.8 Å². The number of hydrogen-bond donors (Lipinski definition) is 4. The fraction of sp³-hybridized carbons (Fsp3) is 0.0476. The Labute approximate surface area is 152 Å². The van der Waals surface area contributed by atoms with Crippen molar-refractivity contribution in [3.05, 3.63) is 89.5 Å². The molecule has 3 aromatic carbocycles. The predicted octanol–water partition coefficient (Wildman–Crippen LogP) is 3.50. The summed E-state index contributed by atoms with van der Waals surface area (Å²) in [5.74, 6) is 0.857. The van der Waals surface area contributed by atoms with Gasteiger partial charge in [-0.05, 0) is 34.9 Å². The molecule has 6 N–H and O–H groups in total. The Kier molecular flexibility index (Phi) is 4.99. The van der Waals surface area contributed by atoms with Crippen molar-refractivity contribution in [3.63, 3.8) is 0 Å². The lowest BCUT2D eigenvalue weighted by Gasteiger charge is -2.10. The van der Waals surface area contributed by atoms with Crippen LogP contribution in [0.4, 0.5) is 0 Å². The summed E-state index contributed by atoms with van der Waals surface area (Å²) < 4.78 is 5.89. The van der Waals surface area contributed by atoms with Crippen molar-refractivity contribution in [2.24, 2.45) is 11.5 Å². The summed E-state index contributed by atoms with van der Waals surface area (Å²) in [5, 5.41) is 15.0. The lowest BCUT2D eigenvalue weighted by atomic mass is 10.0. The normalized spacial score (nSPS) is 10.3. The quantitative estimate of drug-likeness (QED) is 0.406. The van der Waals surface area contributed by atoms with Crippen LogP contribution in [0.3, 0.4) is 0 Å². The second kappa shape index (κ2) is 7.53. The molecular weight excluding hydrogens is 324 g/mol. The van der Waals surface area contributed by atoms with Gasteiger partial charge in [-0.25, -0.2) is 0 Å². The van der Waals surface area contributed by atoms with E-state index < -0.39 is 0 Å². The predicted molar refractivity (Wildman–Crippen MR) is 105 cm³/mol. The summed E-state index contributed by atoms with van der Waals surface area (Å²) in [6.07, 6.45) is 0. The summed E-state index contributed by atoms with van der Waals surface area (Å²) >= 11 is 0. The number of rotatable bonds is 6. The molecule has 26 heavy (non-hydrogen) atoms.